The molecular weight excluding hydrogens is 254 g/mol. The molecule has 0 heterocycles. The quantitative estimate of drug-likeness (QED) is 0.674. The van der Waals surface area contributed by atoms with Gasteiger partial charge in [-0.15, -0.1) is 0 Å². The number of benzene rings is 1. The zero-order valence-electron chi connectivity index (χ0n) is 9.91. The first-order chi connectivity index (χ1) is 8.20. The average Bonchev–Trinajstić information content (AvgIpc) is 2.31. The highest BCUT2D eigenvalue weighted by atomic mass is 19.2. The van der Waals surface area contributed by atoms with E-state index in [4.69, 9.17) is 4.74 Å². The zero-order chi connectivity index (χ0) is 14.1. The van der Waals surface area contributed by atoms with E-state index < -0.39 is 40.5 Å². The van der Waals surface area contributed by atoms with E-state index in [2.05, 4.69) is 0 Å². The molecule has 3 nitrogen and oxygen atoms in total. The standard InChI is InChI=1S/C11H11F4NO2/c1-11(2,18-3)10(17)16-9-7(14)5(12)4-6(13)8(9)15/h4H,1-3H3,(H,16,17). The van der Waals surface area contributed by atoms with E-state index in [0.29, 0.717) is 0 Å². The van der Waals surface area contributed by atoms with Crippen LogP contribution in [-0.2, 0) is 9.53 Å². The zero-order valence-corrected chi connectivity index (χ0v) is 9.91. The van der Waals surface area contributed by atoms with E-state index in [1.807, 2.05) is 0 Å². The van der Waals surface area contributed by atoms with Crippen LogP contribution in [-0.4, -0.2) is 18.6 Å². The van der Waals surface area contributed by atoms with Crippen molar-refractivity contribution in [2.45, 2.75) is 19.4 Å². The summed E-state index contributed by atoms with van der Waals surface area (Å²) in [5, 5.41) is 1.76. The second-order valence-electron chi connectivity index (χ2n) is 4.01. The van der Waals surface area contributed by atoms with Gasteiger partial charge in [0.05, 0.1) is 0 Å². The van der Waals surface area contributed by atoms with E-state index >= 15 is 0 Å². The number of hydrogen-bond acceptors (Lipinski definition) is 2. The van der Waals surface area contributed by atoms with Crippen LogP contribution in [0.15, 0.2) is 6.07 Å². The summed E-state index contributed by atoms with van der Waals surface area (Å²) in [5.41, 5.74) is -2.58. The topological polar surface area (TPSA) is 38.3 Å². The second-order valence-corrected chi connectivity index (χ2v) is 4.01. The predicted molar refractivity (Wildman–Crippen MR) is 56.0 cm³/mol. The SMILES string of the molecule is COC(C)(C)C(=O)Nc1c(F)c(F)cc(F)c1F. The third kappa shape index (κ3) is 2.61. The van der Waals surface area contributed by atoms with E-state index in [0.717, 1.165) is 0 Å². The summed E-state index contributed by atoms with van der Waals surface area (Å²) in [7, 11) is 1.21. The van der Waals surface area contributed by atoms with Crippen LogP contribution in [0.1, 0.15) is 13.8 Å². The van der Waals surface area contributed by atoms with Crippen molar-refractivity contribution in [3.63, 3.8) is 0 Å². The van der Waals surface area contributed by atoms with E-state index in [1.54, 1.807) is 5.32 Å². The number of methoxy groups -OCH3 is 1. The minimum Gasteiger partial charge on any atom is -0.369 e. The van der Waals surface area contributed by atoms with Crippen LogP contribution in [0.5, 0.6) is 0 Å². The van der Waals surface area contributed by atoms with Gasteiger partial charge in [-0.3, -0.25) is 4.79 Å². The Morgan fingerprint density at radius 3 is 2.00 bits per heavy atom. The first kappa shape index (κ1) is 14.4. The lowest BCUT2D eigenvalue weighted by Gasteiger charge is -2.22. The Morgan fingerprint density at radius 1 is 1.17 bits per heavy atom. The van der Waals surface area contributed by atoms with Gasteiger partial charge in [0.15, 0.2) is 23.3 Å². The molecule has 0 aliphatic rings. The Morgan fingerprint density at radius 2 is 1.61 bits per heavy atom. The summed E-state index contributed by atoms with van der Waals surface area (Å²) in [4.78, 5) is 11.6. The fourth-order valence-corrected chi connectivity index (χ4v) is 1.04. The molecule has 1 rings (SSSR count). The van der Waals surface area contributed by atoms with Crippen LogP contribution in [0.4, 0.5) is 23.2 Å². The maximum Gasteiger partial charge on any atom is 0.256 e. The van der Waals surface area contributed by atoms with Gasteiger partial charge in [-0.1, -0.05) is 0 Å². The molecule has 1 N–H and O–H groups in total. The number of halogens is 4. The molecule has 0 unspecified atom stereocenters. The minimum atomic E-state index is -1.67. The Kier molecular flexibility index (Phi) is 3.95. The molecule has 0 aliphatic heterocycles. The van der Waals surface area contributed by atoms with Crippen molar-refractivity contribution < 1.29 is 27.1 Å². The molecule has 0 spiro atoms. The fraction of sp³-hybridized carbons (Fsp3) is 0.364. The van der Waals surface area contributed by atoms with Crippen molar-refractivity contribution in [1.82, 2.24) is 0 Å². The lowest BCUT2D eigenvalue weighted by Crippen LogP contribution is -2.39. The highest BCUT2D eigenvalue weighted by molar-refractivity contribution is 5.96. The number of carbonyl (C=O) groups excluding carboxylic acids is 1. The van der Waals surface area contributed by atoms with Gasteiger partial charge in [0, 0.05) is 13.2 Å². The van der Waals surface area contributed by atoms with Gasteiger partial charge in [0.2, 0.25) is 0 Å². The lowest BCUT2D eigenvalue weighted by molar-refractivity contribution is -0.133. The van der Waals surface area contributed by atoms with Crippen LogP contribution in [0.25, 0.3) is 0 Å². The average molecular weight is 265 g/mol. The van der Waals surface area contributed by atoms with Gasteiger partial charge in [0.1, 0.15) is 11.3 Å². The van der Waals surface area contributed by atoms with Gasteiger partial charge >= 0.3 is 0 Å². The molecule has 0 bridgehead atoms. The summed E-state index contributed by atoms with van der Waals surface area (Å²) in [5.74, 6) is -7.48. The van der Waals surface area contributed by atoms with Crippen molar-refractivity contribution in [1.29, 1.82) is 0 Å². The van der Waals surface area contributed by atoms with Crippen molar-refractivity contribution in [3.8, 4) is 0 Å². The Bertz CT molecular complexity index is 462. The van der Waals surface area contributed by atoms with E-state index in [-0.39, 0.29) is 6.07 Å². The molecule has 0 saturated carbocycles. The summed E-state index contributed by atoms with van der Waals surface area (Å²) in [6, 6.07) is 0.0573. The number of anilines is 1. The van der Waals surface area contributed by atoms with Gasteiger partial charge < -0.3 is 10.1 Å². The van der Waals surface area contributed by atoms with E-state index in [9.17, 15) is 22.4 Å². The molecule has 1 amide bonds. The molecule has 7 heteroatoms. The highest BCUT2D eigenvalue weighted by Crippen LogP contribution is 2.25. The van der Waals surface area contributed by atoms with Crippen LogP contribution in [0.2, 0.25) is 0 Å². The summed E-state index contributed by atoms with van der Waals surface area (Å²) < 4.78 is 57.1. The molecule has 0 atom stereocenters. The van der Waals surface area contributed by atoms with Crippen LogP contribution >= 0.6 is 0 Å². The summed E-state index contributed by atoms with van der Waals surface area (Å²) in [6.45, 7) is 2.65. The molecule has 0 radical (unpaired) electrons. The number of nitrogens with one attached hydrogen (secondary N) is 1. The Balaban J connectivity index is 3.16. The van der Waals surface area contributed by atoms with Crippen molar-refractivity contribution in [2.75, 3.05) is 12.4 Å². The minimum absolute atomic E-state index is 0.0573. The van der Waals surface area contributed by atoms with Gasteiger partial charge in [0.25, 0.3) is 5.91 Å². The fourth-order valence-electron chi connectivity index (χ4n) is 1.04. The smallest absolute Gasteiger partial charge is 0.256 e. The second kappa shape index (κ2) is 4.93. The molecule has 0 aromatic heterocycles. The predicted octanol–water partition coefficient (Wildman–Crippen LogP) is 2.61. The van der Waals surface area contributed by atoms with Crippen LogP contribution in [0.3, 0.4) is 0 Å². The lowest BCUT2D eigenvalue weighted by atomic mass is 10.1. The first-order valence-electron chi connectivity index (χ1n) is 4.90. The number of ether oxygens (including phenoxy) is 1. The summed E-state index contributed by atoms with van der Waals surface area (Å²) >= 11 is 0. The Hall–Kier alpha value is -1.63. The maximum absolute atomic E-state index is 13.3. The number of amides is 1. The highest BCUT2D eigenvalue weighted by Gasteiger charge is 2.30. The van der Waals surface area contributed by atoms with Crippen molar-refractivity contribution in [2.24, 2.45) is 0 Å². The third-order valence-corrected chi connectivity index (χ3v) is 2.41. The van der Waals surface area contributed by atoms with Gasteiger partial charge in [-0.25, -0.2) is 17.6 Å². The number of carbonyl (C=O) groups is 1. The normalized spacial score (nSPS) is 11.5. The molecular formula is C11H11F4NO2. The van der Waals surface area contributed by atoms with Gasteiger partial charge in [-0.05, 0) is 13.8 Å². The number of hydrogen-bond donors (Lipinski definition) is 1. The van der Waals surface area contributed by atoms with Crippen molar-refractivity contribution >= 4 is 11.6 Å². The molecule has 0 fully saturated rings. The van der Waals surface area contributed by atoms with E-state index in [1.165, 1.54) is 21.0 Å². The largest absolute Gasteiger partial charge is 0.369 e. The Labute approximate surface area is 101 Å². The van der Waals surface area contributed by atoms with Crippen LogP contribution < -0.4 is 5.32 Å². The molecule has 1 aromatic carbocycles. The molecule has 1 aromatic rings. The summed E-state index contributed by atoms with van der Waals surface area (Å²) in [6.07, 6.45) is 0. The van der Waals surface area contributed by atoms with Crippen LogP contribution in [0, 0.1) is 23.3 Å². The molecule has 18 heavy (non-hydrogen) atoms. The third-order valence-electron chi connectivity index (χ3n) is 2.41. The van der Waals surface area contributed by atoms with Crippen molar-refractivity contribution in [3.05, 3.63) is 29.3 Å². The first-order valence-corrected chi connectivity index (χ1v) is 4.90. The molecule has 0 saturated heterocycles. The molecule has 0 aliphatic carbocycles. The monoisotopic (exact) mass is 265 g/mol. The number of rotatable bonds is 3. The van der Waals surface area contributed by atoms with Gasteiger partial charge in [-0.2, -0.15) is 0 Å². The molecule has 100 valence electrons. The maximum atomic E-state index is 13.3.